The summed E-state index contributed by atoms with van der Waals surface area (Å²) in [5, 5.41) is 2.13. The molecular weight excluding hydrogens is 212 g/mol. The molecule has 0 atom stereocenters. The van der Waals surface area contributed by atoms with Crippen molar-refractivity contribution in [3.63, 3.8) is 0 Å². The van der Waals surface area contributed by atoms with E-state index in [1.54, 1.807) is 0 Å². The lowest BCUT2D eigenvalue weighted by molar-refractivity contribution is 0.316. The van der Waals surface area contributed by atoms with E-state index in [1.807, 2.05) is 36.4 Å². The van der Waals surface area contributed by atoms with Crippen LogP contribution in [0.15, 0.2) is 43.0 Å². The lowest BCUT2D eigenvalue weighted by atomic mass is 10.1. The number of nitrogens with two attached hydrogens (primary N) is 1. The Morgan fingerprint density at radius 2 is 2.18 bits per heavy atom. The predicted molar refractivity (Wildman–Crippen MR) is 69.9 cm³/mol. The van der Waals surface area contributed by atoms with E-state index in [0.29, 0.717) is 19.0 Å². The Hall–Kier alpha value is -1.87. The van der Waals surface area contributed by atoms with Gasteiger partial charge in [0.1, 0.15) is 0 Å². The van der Waals surface area contributed by atoms with Crippen molar-refractivity contribution in [1.82, 2.24) is 4.98 Å². The van der Waals surface area contributed by atoms with E-state index in [9.17, 15) is 0 Å². The number of hydrogen-bond acceptors (Lipinski definition) is 3. The van der Waals surface area contributed by atoms with Gasteiger partial charge in [-0.15, -0.1) is 6.58 Å². The second kappa shape index (κ2) is 5.46. The lowest BCUT2D eigenvalue weighted by Gasteiger charge is -2.09. The largest absolute Gasteiger partial charge is 0.477 e. The summed E-state index contributed by atoms with van der Waals surface area (Å²) in [6.07, 6.45) is 2.64. The number of nitrogens with zero attached hydrogens (tertiary/aromatic N) is 1. The standard InChI is InChI=1S/C14H16N2O/c1-2-3-8-17-14-13-7-5-4-6-11(13)9-12(10-15)16-14/h2,4-7,9H,1,3,8,10,15H2. The third-order valence-electron chi connectivity index (χ3n) is 2.53. The minimum Gasteiger partial charge on any atom is -0.477 e. The number of hydrogen-bond donors (Lipinski definition) is 1. The van der Waals surface area contributed by atoms with Crippen molar-refractivity contribution in [1.29, 1.82) is 0 Å². The molecule has 0 bridgehead atoms. The van der Waals surface area contributed by atoms with Gasteiger partial charge in [0.05, 0.1) is 12.3 Å². The van der Waals surface area contributed by atoms with Crippen molar-refractivity contribution in [3.05, 3.63) is 48.7 Å². The zero-order valence-corrected chi connectivity index (χ0v) is 9.73. The number of ether oxygens (including phenoxy) is 1. The molecule has 1 aromatic heterocycles. The normalized spacial score (nSPS) is 10.4. The van der Waals surface area contributed by atoms with Crippen LogP contribution in [0.2, 0.25) is 0 Å². The second-order valence-corrected chi connectivity index (χ2v) is 3.77. The quantitative estimate of drug-likeness (QED) is 0.632. The first-order valence-corrected chi connectivity index (χ1v) is 5.67. The molecule has 17 heavy (non-hydrogen) atoms. The van der Waals surface area contributed by atoms with Crippen LogP contribution in [0.4, 0.5) is 0 Å². The van der Waals surface area contributed by atoms with Crippen LogP contribution in [0, 0.1) is 0 Å². The minimum absolute atomic E-state index is 0.419. The van der Waals surface area contributed by atoms with Crippen molar-refractivity contribution >= 4 is 10.8 Å². The molecule has 0 aliphatic heterocycles. The molecule has 3 nitrogen and oxygen atoms in total. The van der Waals surface area contributed by atoms with Gasteiger partial charge in [-0.25, -0.2) is 4.98 Å². The van der Waals surface area contributed by atoms with Gasteiger partial charge in [-0.1, -0.05) is 24.3 Å². The molecule has 0 unspecified atom stereocenters. The van der Waals surface area contributed by atoms with Gasteiger partial charge in [-0.05, 0) is 23.9 Å². The number of pyridine rings is 1. The molecular formula is C14H16N2O. The topological polar surface area (TPSA) is 48.1 Å². The molecule has 0 aliphatic rings. The van der Waals surface area contributed by atoms with E-state index in [1.165, 1.54) is 0 Å². The van der Waals surface area contributed by atoms with Gasteiger partial charge in [0.2, 0.25) is 5.88 Å². The van der Waals surface area contributed by atoms with Crippen molar-refractivity contribution in [2.24, 2.45) is 5.73 Å². The Balaban J connectivity index is 2.39. The van der Waals surface area contributed by atoms with E-state index in [-0.39, 0.29) is 0 Å². The molecule has 0 spiro atoms. The third kappa shape index (κ3) is 2.63. The van der Waals surface area contributed by atoms with Crippen LogP contribution in [0.3, 0.4) is 0 Å². The first kappa shape index (κ1) is 11.6. The van der Waals surface area contributed by atoms with Crippen molar-refractivity contribution in [3.8, 4) is 5.88 Å². The zero-order chi connectivity index (χ0) is 12.1. The Morgan fingerprint density at radius 1 is 1.35 bits per heavy atom. The molecule has 88 valence electrons. The van der Waals surface area contributed by atoms with E-state index in [0.717, 1.165) is 22.9 Å². The summed E-state index contributed by atoms with van der Waals surface area (Å²) in [4.78, 5) is 4.41. The third-order valence-corrected chi connectivity index (χ3v) is 2.53. The summed E-state index contributed by atoms with van der Waals surface area (Å²) >= 11 is 0. The molecule has 2 rings (SSSR count). The maximum Gasteiger partial charge on any atom is 0.221 e. The Bertz CT molecular complexity index is 523. The maximum atomic E-state index is 5.66. The average Bonchev–Trinajstić information content (AvgIpc) is 2.38. The fraction of sp³-hybridized carbons (Fsp3) is 0.214. The van der Waals surface area contributed by atoms with Crippen LogP contribution in [0.25, 0.3) is 10.8 Å². The van der Waals surface area contributed by atoms with E-state index >= 15 is 0 Å². The fourth-order valence-electron chi connectivity index (χ4n) is 1.67. The molecule has 3 heteroatoms. The van der Waals surface area contributed by atoms with Crippen LogP contribution in [0.1, 0.15) is 12.1 Å². The zero-order valence-electron chi connectivity index (χ0n) is 9.73. The number of benzene rings is 1. The van der Waals surface area contributed by atoms with E-state index < -0.39 is 0 Å². The molecule has 0 radical (unpaired) electrons. The monoisotopic (exact) mass is 228 g/mol. The summed E-state index contributed by atoms with van der Waals surface area (Å²) in [5.41, 5.74) is 6.48. The van der Waals surface area contributed by atoms with Crippen LogP contribution < -0.4 is 10.5 Å². The molecule has 2 N–H and O–H groups in total. The molecule has 0 aliphatic carbocycles. The average molecular weight is 228 g/mol. The van der Waals surface area contributed by atoms with Gasteiger partial charge in [-0.2, -0.15) is 0 Å². The van der Waals surface area contributed by atoms with Crippen LogP contribution >= 0.6 is 0 Å². The van der Waals surface area contributed by atoms with Gasteiger partial charge in [0.25, 0.3) is 0 Å². The van der Waals surface area contributed by atoms with Crippen molar-refractivity contribution in [2.75, 3.05) is 6.61 Å². The van der Waals surface area contributed by atoms with Crippen LogP contribution in [-0.4, -0.2) is 11.6 Å². The Kier molecular flexibility index (Phi) is 3.73. The first-order chi connectivity index (χ1) is 8.35. The minimum atomic E-state index is 0.419. The second-order valence-electron chi connectivity index (χ2n) is 3.77. The lowest BCUT2D eigenvalue weighted by Crippen LogP contribution is -2.04. The van der Waals surface area contributed by atoms with Crippen LogP contribution in [0.5, 0.6) is 5.88 Å². The van der Waals surface area contributed by atoms with Gasteiger partial charge >= 0.3 is 0 Å². The molecule has 1 heterocycles. The summed E-state index contributed by atoms with van der Waals surface area (Å²) in [7, 11) is 0. The molecule has 0 fully saturated rings. The predicted octanol–water partition coefficient (Wildman–Crippen LogP) is 2.65. The summed E-state index contributed by atoms with van der Waals surface area (Å²) in [5.74, 6) is 0.658. The van der Waals surface area contributed by atoms with Gasteiger partial charge in [0.15, 0.2) is 0 Å². The maximum absolute atomic E-state index is 5.66. The number of aromatic nitrogens is 1. The van der Waals surface area contributed by atoms with E-state index in [2.05, 4.69) is 11.6 Å². The summed E-state index contributed by atoms with van der Waals surface area (Å²) in [6.45, 7) is 4.68. The Labute approximate surface area is 101 Å². The van der Waals surface area contributed by atoms with Crippen LogP contribution in [-0.2, 0) is 6.54 Å². The summed E-state index contributed by atoms with van der Waals surface area (Å²) < 4.78 is 5.66. The van der Waals surface area contributed by atoms with Gasteiger partial charge in [0, 0.05) is 11.9 Å². The van der Waals surface area contributed by atoms with E-state index in [4.69, 9.17) is 10.5 Å². The Morgan fingerprint density at radius 3 is 2.94 bits per heavy atom. The molecule has 0 amide bonds. The van der Waals surface area contributed by atoms with Crippen molar-refractivity contribution in [2.45, 2.75) is 13.0 Å². The van der Waals surface area contributed by atoms with Gasteiger partial charge < -0.3 is 10.5 Å². The molecule has 1 aromatic carbocycles. The highest BCUT2D eigenvalue weighted by molar-refractivity contribution is 5.87. The molecule has 0 saturated heterocycles. The SMILES string of the molecule is C=CCCOc1nc(CN)cc2ccccc12. The number of rotatable bonds is 5. The highest BCUT2D eigenvalue weighted by Gasteiger charge is 2.05. The number of fused-ring (bicyclic) bond motifs is 1. The summed E-state index contributed by atoms with van der Waals surface area (Å²) in [6, 6.07) is 10.0. The first-order valence-electron chi connectivity index (χ1n) is 5.67. The van der Waals surface area contributed by atoms with Gasteiger partial charge in [-0.3, -0.25) is 0 Å². The highest BCUT2D eigenvalue weighted by atomic mass is 16.5. The molecule has 0 saturated carbocycles. The highest BCUT2D eigenvalue weighted by Crippen LogP contribution is 2.24. The fourth-order valence-corrected chi connectivity index (χ4v) is 1.67. The van der Waals surface area contributed by atoms with Crippen molar-refractivity contribution < 1.29 is 4.74 Å². The molecule has 2 aromatic rings. The smallest absolute Gasteiger partial charge is 0.221 e.